The SMILES string of the molecule is CC(=O)Nc1cccc(CNC(=O)c2cc(Cc3ccccc3)ccc2O)c1. The van der Waals surface area contributed by atoms with E-state index in [0.29, 0.717) is 12.1 Å². The molecule has 0 bridgehead atoms. The van der Waals surface area contributed by atoms with Crippen molar-refractivity contribution in [3.8, 4) is 5.75 Å². The highest BCUT2D eigenvalue weighted by Crippen LogP contribution is 2.21. The molecule has 0 aromatic heterocycles. The highest BCUT2D eigenvalue weighted by Gasteiger charge is 2.12. The number of nitrogens with one attached hydrogen (secondary N) is 2. The van der Waals surface area contributed by atoms with Crippen LogP contribution in [0.15, 0.2) is 72.8 Å². The minimum atomic E-state index is -0.350. The average Bonchev–Trinajstić information content (AvgIpc) is 2.68. The molecule has 2 amide bonds. The summed E-state index contributed by atoms with van der Waals surface area (Å²) in [5.41, 5.74) is 3.84. The molecule has 0 unspecified atom stereocenters. The predicted octanol–water partition coefficient (Wildman–Crippen LogP) is 3.87. The Morgan fingerprint density at radius 2 is 1.61 bits per heavy atom. The van der Waals surface area contributed by atoms with Crippen LogP contribution in [0.5, 0.6) is 5.75 Å². The van der Waals surface area contributed by atoms with Crippen molar-refractivity contribution < 1.29 is 14.7 Å². The summed E-state index contributed by atoms with van der Waals surface area (Å²) in [6.45, 7) is 1.73. The molecule has 3 aromatic rings. The van der Waals surface area contributed by atoms with Crippen LogP contribution in [0, 0.1) is 0 Å². The molecule has 0 heterocycles. The second-order valence-corrected chi connectivity index (χ2v) is 6.58. The molecule has 3 aromatic carbocycles. The number of anilines is 1. The summed E-state index contributed by atoms with van der Waals surface area (Å²) in [4.78, 5) is 23.7. The molecule has 142 valence electrons. The third kappa shape index (κ3) is 5.20. The normalized spacial score (nSPS) is 10.3. The second kappa shape index (κ2) is 8.86. The van der Waals surface area contributed by atoms with Gasteiger partial charge in [0.1, 0.15) is 5.75 Å². The largest absolute Gasteiger partial charge is 0.507 e. The molecule has 0 aliphatic rings. The number of carbonyl (C=O) groups is 2. The monoisotopic (exact) mass is 374 g/mol. The smallest absolute Gasteiger partial charge is 0.255 e. The van der Waals surface area contributed by atoms with Gasteiger partial charge in [0.15, 0.2) is 0 Å². The lowest BCUT2D eigenvalue weighted by molar-refractivity contribution is -0.114. The molecule has 0 atom stereocenters. The van der Waals surface area contributed by atoms with Crippen LogP contribution >= 0.6 is 0 Å². The summed E-state index contributed by atoms with van der Waals surface area (Å²) < 4.78 is 0. The van der Waals surface area contributed by atoms with E-state index in [0.717, 1.165) is 16.7 Å². The van der Waals surface area contributed by atoms with Crippen LogP contribution < -0.4 is 10.6 Å². The van der Waals surface area contributed by atoms with Gasteiger partial charge < -0.3 is 15.7 Å². The quantitative estimate of drug-likeness (QED) is 0.613. The lowest BCUT2D eigenvalue weighted by Gasteiger charge is -2.10. The van der Waals surface area contributed by atoms with Crippen LogP contribution in [-0.2, 0) is 17.8 Å². The molecule has 28 heavy (non-hydrogen) atoms. The van der Waals surface area contributed by atoms with Crippen LogP contribution in [0.1, 0.15) is 34.0 Å². The Balaban J connectivity index is 1.68. The number of hydrogen-bond acceptors (Lipinski definition) is 3. The summed E-state index contributed by atoms with van der Waals surface area (Å²) in [5, 5.41) is 15.6. The van der Waals surface area contributed by atoms with E-state index >= 15 is 0 Å². The molecule has 0 spiro atoms. The molecule has 3 N–H and O–H groups in total. The van der Waals surface area contributed by atoms with Crippen molar-refractivity contribution in [2.75, 3.05) is 5.32 Å². The number of aromatic hydroxyl groups is 1. The van der Waals surface area contributed by atoms with Crippen molar-refractivity contribution in [1.82, 2.24) is 5.32 Å². The van der Waals surface area contributed by atoms with E-state index in [1.54, 1.807) is 24.3 Å². The van der Waals surface area contributed by atoms with Gasteiger partial charge in [-0.2, -0.15) is 0 Å². The van der Waals surface area contributed by atoms with Crippen molar-refractivity contribution in [3.05, 3.63) is 95.1 Å². The van der Waals surface area contributed by atoms with Gasteiger partial charge in [-0.25, -0.2) is 0 Å². The van der Waals surface area contributed by atoms with Gasteiger partial charge in [0.2, 0.25) is 5.91 Å². The number of hydrogen-bond donors (Lipinski definition) is 3. The first-order chi connectivity index (χ1) is 13.5. The van der Waals surface area contributed by atoms with E-state index < -0.39 is 0 Å². The molecule has 0 aliphatic carbocycles. The van der Waals surface area contributed by atoms with Crippen LogP contribution in [0.25, 0.3) is 0 Å². The van der Waals surface area contributed by atoms with Gasteiger partial charge in [-0.05, 0) is 47.4 Å². The maximum atomic E-state index is 12.6. The van der Waals surface area contributed by atoms with Crippen molar-refractivity contribution in [3.63, 3.8) is 0 Å². The van der Waals surface area contributed by atoms with Gasteiger partial charge in [-0.15, -0.1) is 0 Å². The van der Waals surface area contributed by atoms with Gasteiger partial charge in [0.05, 0.1) is 5.56 Å². The average molecular weight is 374 g/mol. The molecule has 0 saturated carbocycles. The Labute approximate surface area is 164 Å². The standard InChI is InChI=1S/C23H22N2O3/c1-16(26)25-20-9-5-8-19(13-20)15-24-23(28)21-14-18(10-11-22(21)27)12-17-6-3-2-4-7-17/h2-11,13-14,27H,12,15H2,1H3,(H,24,28)(H,25,26). The van der Waals surface area contributed by atoms with Gasteiger partial charge >= 0.3 is 0 Å². The summed E-state index contributed by atoms with van der Waals surface area (Å²) in [5.74, 6) is -0.556. The Bertz CT molecular complexity index is 984. The Morgan fingerprint density at radius 1 is 0.857 bits per heavy atom. The summed E-state index contributed by atoms with van der Waals surface area (Å²) >= 11 is 0. The van der Waals surface area contributed by atoms with Crippen molar-refractivity contribution in [1.29, 1.82) is 0 Å². The minimum absolute atomic E-state index is 0.0543. The van der Waals surface area contributed by atoms with Crippen molar-refractivity contribution in [2.24, 2.45) is 0 Å². The maximum Gasteiger partial charge on any atom is 0.255 e. The Morgan fingerprint density at radius 3 is 2.36 bits per heavy atom. The molecule has 0 aliphatic heterocycles. The van der Waals surface area contributed by atoms with E-state index in [1.165, 1.54) is 6.92 Å². The van der Waals surface area contributed by atoms with E-state index in [-0.39, 0.29) is 29.7 Å². The Hall–Kier alpha value is -3.60. The molecule has 0 saturated heterocycles. The molecule has 5 heteroatoms. The zero-order chi connectivity index (χ0) is 19.9. The molecular formula is C23H22N2O3. The molecule has 0 fully saturated rings. The number of phenolic OH excluding ortho intramolecular Hbond substituents is 1. The highest BCUT2D eigenvalue weighted by atomic mass is 16.3. The second-order valence-electron chi connectivity index (χ2n) is 6.58. The molecule has 5 nitrogen and oxygen atoms in total. The topological polar surface area (TPSA) is 78.4 Å². The summed E-state index contributed by atoms with van der Waals surface area (Å²) in [6, 6.07) is 22.3. The maximum absolute atomic E-state index is 12.6. The molecule has 3 rings (SSSR count). The van der Waals surface area contributed by atoms with Crippen LogP contribution in [0.2, 0.25) is 0 Å². The number of amides is 2. The first-order valence-corrected chi connectivity index (χ1v) is 9.02. The van der Waals surface area contributed by atoms with Crippen LogP contribution in [-0.4, -0.2) is 16.9 Å². The molecular weight excluding hydrogens is 352 g/mol. The zero-order valence-corrected chi connectivity index (χ0v) is 15.6. The van der Waals surface area contributed by atoms with E-state index in [4.69, 9.17) is 0 Å². The number of benzene rings is 3. The number of rotatable bonds is 6. The van der Waals surface area contributed by atoms with Gasteiger partial charge in [0, 0.05) is 19.2 Å². The van der Waals surface area contributed by atoms with E-state index in [9.17, 15) is 14.7 Å². The fourth-order valence-corrected chi connectivity index (χ4v) is 2.95. The number of carbonyl (C=O) groups excluding carboxylic acids is 2. The fraction of sp³-hybridized carbons (Fsp3) is 0.130. The van der Waals surface area contributed by atoms with Crippen LogP contribution in [0.4, 0.5) is 5.69 Å². The van der Waals surface area contributed by atoms with Crippen molar-refractivity contribution in [2.45, 2.75) is 19.9 Å². The van der Waals surface area contributed by atoms with Gasteiger partial charge in [0.25, 0.3) is 5.91 Å². The molecule has 0 radical (unpaired) electrons. The first kappa shape index (κ1) is 19.2. The van der Waals surface area contributed by atoms with Gasteiger partial charge in [-0.3, -0.25) is 9.59 Å². The first-order valence-electron chi connectivity index (χ1n) is 9.02. The summed E-state index contributed by atoms with van der Waals surface area (Å²) in [7, 11) is 0. The third-order valence-electron chi connectivity index (χ3n) is 4.26. The number of phenols is 1. The predicted molar refractivity (Wildman–Crippen MR) is 109 cm³/mol. The van der Waals surface area contributed by atoms with Gasteiger partial charge in [-0.1, -0.05) is 48.5 Å². The van der Waals surface area contributed by atoms with E-state index in [1.807, 2.05) is 48.5 Å². The third-order valence-corrected chi connectivity index (χ3v) is 4.26. The lowest BCUT2D eigenvalue weighted by Crippen LogP contribution is -2.23. The Kier molecular flexibility index (Phi) is 6.07. The van der Waals surface area contributed by atoms with Crippen LogP contribution in [0.3, 0.4) is 0 Å². The summed E-state index contributed by atoms with van der Waals surface area (Å²) in [6.07, 6.45) is 0.681. The highest BCUT2D eigenvalue weighted by molar-refractivity contribution is 5.97. The zero-order valence-electron chi connectivity index (χ0n) is 15.6. The van der Waals surface area contributed by atoms with Crippen molar-refractivity contribution >= 4 is 17.5 Å². The fourth-order valence-electron chi connectivity index (χ4n) is 2.95. The lowest BCUT2D eigenvalue weighted by atomic mass is 10.0. The van der Waals surface area contributed by atoms with E-state index in [2.05, 4.69) is 10.6 Å². The minimum Gasteiger partial charge on any atom is -0.507 e.